The topological polar surface area (TPSA) is 70.9 Å². The van der Waals surface area contributed by atoms with Gasteiger partial charge in [0, 0.05) is 35.4 Å². The van der Waals surface area contributed by atoms with Crippen molar-refractivity contribution in [2.45, 2.75) is 41.5 Å². The second-order valence-corrected chi connectivity index (χ2v) is 9.67. The Morgan fingerprint density at radius 2 is 1.03 bits per heavy atom. The molecule has 30 heavy (non-hydrogen) atoms. The Kier molecular flexibility index (Phi) is 5.42. The van der Waals surface area contributed by atoms with Crippen LogP contribution in [0.1, 0.15) is 52.7 Å². The normalized spacial score (nSPS) is 15.0. The van der Waals surface area contributed by atoms with E-state index in [4.69, 9.17) is 0 Å². The van der Waals surface area contributed by atoms with Gasteiger partial charge in [-0.15, -0.1) is 0 Å². The van der Waals surface area contributed by atoms with Crippen LogP contribution in [0.2, 0.25) is 0 Å². The summed E-state index contributed by atoms with van der Waals surface area (Å²) in [5.41, 5.74) is 4.25. The minimum absolute atomic E-state index is 0.0639. The van der Waals surface area contributed by atoms with Crippen LogP contribution in [0.5, 0.6) is 0 Å². The van der Waals surface area contributed by atoms with Crippen LogP contribution >= 0.6 is 0 Å². The fraction of sp³-hybridized carbons (Fsp3) is 0.320. The molecular weight excluding hydrogens is 376 g/mol. The van der Waals surface area contributed by atoms with Crippen LogP contribution in [-0.2, 0) is 4.79 Å². The van der Waals surface area contributed by atoms with Crippen molar-refractivity contribution in [3.63, 3.8) is 0 Å². The monoisotopic (exact) mass is 404 g/mol. The maximum Gasteiger partial charge on any atom is 0.186 e. The molecular formula is C25H28N2O3. The third kappa shape index (κ3) is 4.35. The Bertz CT molecular complexity index is 976. The number of pyridine rings is 2. The van der Waals surface area contributed by atoms with E-state index in [1.165, 1.54) is 24.8 Å². The summed E-state index contributed by atoms with van der Waals surface area (Å²) in [4.78, 5) is 13.3. The molecule has 2 heterocycles. The minimum Gasteiger partial charge on any atom is -0.619 e. The van der Waals surface area contributed by atoms with Crippen molar-refractivity contribution in [1.29, 1.82) is 0 Å². The van der Waals surface area contributed by atoms with E-state index >= 15 is 0 Å². The molecule has 0 aromatic carbocycles. The van der Waals surface area contributed by atoms with Gasteiger partial charge in [0.05, 0.1) is 0 Å². The molecule has 5 nitrogen and oxygen atoms in total. The average Bonchev–Trinajstić information content (AvgIpc) is 2.64. The van der Waals surface area contributed by atoms with Gasteiger partial charge in [-0.1, -0.05) is 41.5 Å². The summed E-state index contributed by atoms with van der Waals surface area (Å²) < 4.78 is 1.47. The van der Waals surface area contributed by atoms with Crippen LogP contribution in [0.3, 0.4) is 0 Å². The van der Waals surface area contributed by atoms with Crippen molar-refractivity contribution >= 4 is 11.4 Å². The number of aromatic nitrogens is 2. The molecule has 3 rings (SSSR count). The van der Waals surface area contributed by atoms with Crippen LogP contribution in [0.4, 0.5) is 0 Å². The molecule has 2 aromatic rings. The lowest BCUT2D eigenvalue weighted by Crippen LogP contribution is -2.28. The van der Waals surface area contributed by atoms with E-state index in [0.29, 0.717) is 0 Å². The molecule has 1 aliphatic rings. The molecule has 156 valence electrons. The number of nitrogens with zero attached hydrogens (tertiary/aromatic N) is 2. The molecule has 0 bridgehead atoms. The van der Waals surface area contributed by atoms with Crippen LogP contribution in [0.25, 0.3) is 5.57 Å². The molecule has 0 aliphatic heterocycles. The molecule has 0 radical (unpaired) electrons. The van der Waals surface area contributed by atoms with Crippen LogP contribution < -0.4 is 9.46 Å². The fourth-order valence-electron chi connectivity index (χ4n) is 3.55. The molecule has 0 amide bonds. The van der Waals surface area contributed by atoms with E-state index in [0.717, 1.165) is 42.9 Å². The lowest BCUT2D eigenvalue weighted by atomic mass is 9.71. The van der Waals surface area contributed by atoms with Gasteiger partial charge < -0.3 is 10.4 Å². The Morgan fingerprint density at radius 1 is 0.700 bits per heavy atom. The number of carbonyl (C=O) groups is 1. The van der Waals surface area contributed by atoms with Crippen molar-refractivity contribution in [3.8, 4) is 0 Å². The quantitative estimate of drug-likeness (QED) is 0.554. The number of hydrogen-bond donors (Lipinski definition) is 0. The average molecular weight is 405 g/mol. The van der Waals surface area contributed by atoms with Gasteiger partial charge in [-0.25, -0.2) is 0 Å². The summed E-state index contributed by atoms with van der Waals surface area (Å²) in [5, 5.41) is 23.2. The van der Waals surface area contributed by atoms with Gasteiger partial charge in [-0.05, 0) is 45.3 Å². The predicted molar refractivity (Wildman–Crippen MR) is 117 cm³/mol. The minimum atomic E-state index is -0.332. The summed E-state index contributed by atoms with van der Waals surface area (Å²) in [6.07, 6.45) is 9.69. The Hall–Kier alpha value is -3.21. The maximum absolute atomic E-state index is 13.3. The van der Waals surface area contributed by atoms with E-state index in [1.54, 1.807) is 24.3 Å². The molecule has 0 saturated heterocycles. The standard InChI is InChI=1S/C25H28N2O3/c1-24(2,3)20-15-19(16-21(23(20)28)25(4,5)6)22(17-7-11-26(29)12-8-17)18-9-13-27(30)14-10-18/h7-16H,1-6H3. The molecule has 0 atom stereocenters. The van der Waals surface area contributed by atoms with E-state index in [9.17, 15) is 15.2 Å². The number of carbonyl (C=O) groups excluding carboxylic acids is 1. The largest absolute Gasteiger partial charge is 0.619 e. The lowest BCUT2D eigenvalue weighted by Gasteiger charge is -2.32. The molecule has 1 aliphatic carbocycles. The van der Waals surface area contributed by atoms with E-state index in [1.807, 2.05) is 53.7 Å². The van der Waals surface area contributed by atoms with E-state index in [-0.39, 0.29) is 16.6 Å². The second kappa shape index (κ2) is 7.56. The SMILES string of the molecule is CC(C)(C)C1=CC(=C(c2cc[n+]([O-])cc2)c2cc[n+]([O-])cc2)C=C(C(C)(C)C)C1=O. The lowest BCUT2D eigenvalue weighted by molar-refractivity contribution is -0.605. The van der Waals surface area contributed by atoms with Gasteiger partial charge in [0.2, 0.25) is 0 Å². The third-order valence-electron chi connectivity index (χ3n) is 5.18. The Balaban J connectivity index is 2.39. The van der Waals surface area contributed by atoms with Gasteiger partial charge in [0.25, 0.3) is 0 Å². The van der Waals surface area contributed by atoms with Gasteiger partial charge in [-0.2, -0.15) is 9.46 Å². The molecule has 5 heteroatoms. The zero-order valence-corrected chi connectivity index (χ0v) is 18.4. The molecule has 0 unspecified atom stereocenters. The van der Waals surface area contributed by atoms with Crippen molar-refractivity contribution in [1.82, 2.24) is 0 Å². The Labute approximate surface area is 177 Å². The highest BCUT2D eigenvalue weighted by Crippen LogP contribution is 2.41. The summed E-state index contributed by atoms with van der Waals surface area (Å²) >= 11 is 0. The number of ketones is 1. The molecule has 0 fully saturated rings. The first kappa shape index (κ1) is 21.5. The Morgan fingerprint density at radius 3 is 1.33 bits per heavy atom. The molecule has 0 saturated carbocycles. The number of rotatable bonds is 2. The van der Waals surface area contributed by atoms with Crippen molar-refractivity contribution in [3.05, 3.63) is 99.5 Å². The van der Waals surface area contributed by atoms with Crippen molar-refractivity contribution in [2.24, 2.45) is 10.8 Å². The van der Waals surface area contributed by atoms with Gasteiger partial charge in [0.1, 0.15) is 0 Å². The van der Waals surface area contributed by atoms with Crippen molar-refractivity contribution < 1.29 is 14.3 Å². The van der Waals surface area contributed by atoms with Gasteiger partial charge in [0.15, 0.2) is 30.6 Å². The van der Waals surface area contributed by atoms with Crippen LogP contribution in [0, 0.1) is 21.2 Å². The van der Waals surface area contributed by atoms with Gasteiger partial charge in [-0.3, -0.25) is 4.79 Å². The second-order valence-electron chi connectivity index (χ2n) is 9.67. The zero-order valence-electron chi connectivity index (χ0n) is 18.4. The fourth-order valence-corrected chi connectivity index (χ4v) is 3.55. The highest BCUT2D eigenvalue weighted by molar-refractivity contribution is 6.12. The third-order valence-corrected chi connectivity index (χ3v) is 5.18. The number of allylic oxidation sites excluding steroid dienone is 5. The number of hydrogen-bond acceptors (Lipinski definition) is 3. The smallest absolute Gasteiger partial charge is 0.186 e. The molecule has 2 aromatic heterocycles. The summed E-state index contributed by atoms with van der Waals surface area (Å²) in [5.74, 6) is 0.0639. The number of Topliss-reactive ketones (excluding diaryl/α,β-unsaturated/α-hetero) is 1. The molecule has 0 N–H and O–H groups in total. The zero-order chi connectivity index (χ0) is 22.3. The van der Waals surface area contributed by atoms with Crippen LogP contribution in [0.15, 0.2) is 77.9 Å². The maximum atomic E-state index is 13.3. The highest BCUT2D eigenvalue weighted by Gasteiger charge is 2.34. The first-order valence-electron chi connectivity index (χ1n) is 9.99. The summed E-state index contributed by atoms with van der Waals surface area (Å²) in [7, 11) is 0. The highest BCUT2D eigenvalue weighted by atomic mass is 16.5. The van der Waals surface area contributed by atoms with E-state index in [2.05, 4.69) is 0 Å². The predicted octanol–water partition coefficient (Wildman–Crippen LogP) is 4.28. The molecule has 0 spiro atoms. The van der Waals surface area contributed by atoms with Crippen LogP contribution in [-0.4, -0.2) is 5.78 Å². The first-order chi connectivity index (χ1) is 13.9. The first-order valence-corrected chi connectivity index (χ1v) is 9.99. The van der Waals surface area contributed by atoms with Gasteiger partial charge >= 0.3 is 0 Å². The summed E-state index contributed by atoms with van der Waals surface area (Å²) in [6, 6.07) is 7.00. The van der Waals surface area contributed by atoms with Crippen molar-refractivity contribution in [2.75, 3.05) is 0 Å². The van der Waals surface area contributed by atoms with E-state index < -0.39 is 0 Å². The summed E-state index contributed by atoms with van der Waals surface area (Å²) in [6.45, 7) is 12.2.